The van der Waals surface area contributed by atoms with E-state index < -0.39 is 8.32 Å². The third-order valence-electron chi connectivity index (χ3n) is 3.53. The fourth-order valence-electron chi connectivity index (χ4n) is 1.23. The van der Waals surface area contributed by atoms with Gasteiger partial charge in [-0.2, -0.15) is 0 Å². The van der Waals surface area contributed by atoms with Crippen molar-refractivity contribution in [2.75, 3.05) is 6.61 Å². The predicted molar refractivity (Wildman–Crippen MR) is 86.3 cm³/mol. The first kappa shape index (κ1) is 15.7. The third-order valence-corrected chi connectivity index (χ3v) is 8.56. The monoisotopic (exact) mass is 326 g/mol. The third kappa shape index (κ3) is 4.71. The van der Waals surface area contributed by atoms with Gasteiger partial charge in [0.15, 0.2) is 8.32 Å². The van der Waals surface area contributed by atoms with E-state index in [1.807, 2.05) is 12.1 Å². The summed E-state index contributed by atoms with van der Waals surface area (Å²) < 4.78 is 7.19. The van der Waals surface area contributed by atoms with Crippen LogP contribution in [0.1, 0.15) is 26.3 Å². The summed E-state index contributed by atoms with van der Waals surface area (Å²) in [5.74, 6) is 0. The van der Waals surface area contributed by atoms with Crippen molar-refractivity contribution in [3.05, 3.63) is 40.4 Å². The molecule has 0 N–H and O–H groups in total. The summed E-state index contributed by atoms with van der Waals surface area (Å²) in [5, 5.41) is 0.276. The largest absolute Gasteiger partial charge is 0.413 e. The van der Waals surface area contributed by atoms with Gasteiger partial charge in [0.1, 0.15) is 0 Å². The minimum Gasteiger partial charge on any atom is -0.413 e. The summed E-state index contributed by atoms with van der Waals surface area (Å²) in [4.78, 5) is 0. The highest BCUT2D eigenvalue weighted by Crippen LogP contribution is 2.36. The molecule has 0 spiro atoms. The molecule has 0 atom stereocenters. The highest BCUT2D eigenvalue weighted by Gasteiger charge is 2.36. The Morgan fingerprint density at radius 2 is 1.72 bits per heavy atom. The minimum atomic E-state index is -1.61. The average Bonchev–Trinajstić information content (AvgIpc) is 2.25. The lowest BCUT2D eigenvalue weighted by atomic mass is 10.2. The zero-order valence-corrected chi connectivity index (χ0v) is 14.5. The van der Waals surface area contributed by atoms with Crippen LogP contribution in [0.5, 0.6) is 0 Å². The van der Waals surface area contributed by atoms with Crippen LogP contribution in [0.2, 0.25) is 18.1 Å². The zero-order valence-electron chi connectivity index (χ0n) is 12.0. The Morgan fingerprint density at radius 1 is 1.17 bits per heavy atom. The van der Waals surface area contributed by atoms with E-state index >= 15 is 0 Å². The van der Waals surface area contributed by atoms with Crippen LogP contribution in [0.4, 0.5) is 0 Å². The van der Waals surface area contributed by atoms with Gasteiger partial charge >= 0.3 is 0 Å². The van der Waals surface area contributed by atoms with Crippen molar-refractivity contribution in [3.63, 3.8) is 0 Å². The molecule has 1 rings (SSSR count). The lowest BCUT2D eigenvalue weighted by Crippen LogP contribution is -2.40. The normalized spacial score (nSPS) is 13.2. The minimum absolute atomic E-state index is 0.276. The Labute approximate surface area is 121 Å². The van der Waals surface area contributed by atoms with E-state index in [1.54, 1.807) is 0 Å². The van der Waals surface area contributed by atoms with E-state index in [1.165, 1.54) is 5.56 Å². The summed E-state index contributed by atoms with van der Waals surface area (Å²) in [7, 11) is -1.61. The van der Waals surface area contributed by atoms with Crippen molar-refractivity contribution in [2.24, 2.45) is 0 Å². The molecule has 18 heavy (non-hydrogen) atoms. The van der Waals surface area contributed by atoms with Gasteiger partial charge < -0.3 is 4.43 Å². The van der Waals surface area contributed by atoms with Crippen molar-refractivity contribution >= 4 is 30.3 Å². The van der Waals surface area contributed by atoms with Gasteiger partial charge in [-0.3, -0.25) is 0 Å². The molecular weight excluding hydrogens is 304 g/mol. The molecule has 1 aromatic carbocycles. The van der Waals surface area contributed by atoms with Crippen molar-refractivity contribution in [3.8, 4) is 0 Å². The van der Waals surface area contributed by atoms with Gasteiger partial charge in [0, 0.05) is 4.47 Å². The van der Waals surface area contributed by atoms with Crippen LogP contribution >= 0.6 is 15.9 Å². The Kier molecular flexibility index (Phi) is 5.38. The molecule has 1 nitrogen and oxygen atoms in total. The maximum absolute atomic E-state index is 6.08. The van der Waals surface area contributed by atoms with Crippen LogP contribution in [0.15, 0.2) is 34.8 Å². The summed E-state index contributed by atoms with van der Waals surface area (Å²) in [6, 6.07) is 8.28. The first-order chi connectivity index (χ1) is 8.22. The lowest BCUT2D eigenvalue weighted by molar-refractivity contribution is 0.328. The van der Waals surface area contributed by atoms with E-state index in [4.69, 9.17) is 4.43 Å². The maximum Gasteiger partial charge on any atom is 0.192 e. The fourth-order valence-corrected chi connectivity index (χ4v) is 2.44. The molecule has 0 aromatic heterocycles. The fraction of sp³-hybridized carbons (Fsp3) is 0.467. The first-order valence-electron chi connectivity index (χ1n) is 6.28. The molecule has 0 saturated carbocycles. The molecule has 3 heteroatoms. The molecule has 0 amide bonds. The van der Waals surface area contributed by atoms with Crippen molar-refractivity contribution in [1.82, 2.24) is 0 Å². The molecule has 0 aliphatic carbocycles. The number of benzene rings is 1. The predicted octanol–water partition coefficient (Wildman–Crippen LogP) is 5.48. The van der Waals surface area contributed by atoms with Gasteiger partial charge in [0.05, 0.1) is 6.61 Å². The van der Waals surface area contributed by atoms with Crippen LogP contribution in [-0.4, -0.2) is 14.9 Å². The van der Waals surface area contributed by atoms with E-state index in [2.05, 4.69) is 74.1 Å². The van der Waals surface area contributed by atoms with Crippen LogP contribution in [0.25, 0.3) is 6.08 Å². The summed E-state index contributed by atoms with van der Waals surface area (Å²) >= 11 is 3.43. The molecular formula is C15H23BrOSi. The second-order valence-corrected chi connectivity index (χ2v) is 11.8. The molecule has 0 bridgehead atoms. The number of rotatable bonds is 4. The smallest absolute Gasteiger partial charge is 0.192 e. The van der Waals surface area contributed by atoms with Gasteiger partial charge in [0.25, 0.3) is 0 Å². The number of hydrogen-bond acceptors (Lipinski definition) is 1. The summed E-state index contributed by atoms with van der Waals surface area (Å²) in [6.07, 6.45) is 4.21. The van der Waals surface area contributed by atoms with Crippen LogP contribution in [0.3, 0.4) is 0 Å². The molecule has 0 aliphatic heterocycles. The molecule has 0 aliphatic rings. The number of halogens is 1. The standard InChI is InChI=1S/C15H23BrOSi/c1-15(2,3)18(4,5)17-12-6-7-13-8-10-14(16)11-9-13/h6-11H,12H2,1-5H3. The van der Waals surface area contributed by atoms with Gasteiger partial charge in [0.2, 0.25) is 0 Å². The molecule has 0 radical (unpaired) electrons. The van der Waals surface area contributed by atoms with Gasteiger partial charge in [-0.1, -0.05) is 61.0 Å². The van der Waals surface area contributed by atoms with Gasteiger partial charge in [-0.15, -0.1) is 0 Å². The Morgan fingerprint density at radius 3 is 2.22 bits per heavy atom. The van der Waals surface area contributed by atoms with Gasteiger partial charge in [-0.25, -0.2) is 0 Å². The van der Waals surface area contributed by atoms with E-state index in [-0.39, 0.29) is 5.04 Å². The van der Waals surface area contributed by atoms with Crippen LogP contribution in [-0.2, 0) is 4.43 Å². The molecule has 0 unspecified atom stereocenters. The van der Waals surface area contributed by atoms with Crippen LogP contribution < -0.4 is 0 Å². The molecule has 0 heterocycles. The van der Waals surface area contributed by atoms with E-state index in [0.717, 1.165) is 4.47 Å². The second kappa shape index (κ2) is 6.18. The van der Waals surface area contributed by atoms with Crippen LogP contribution in [0, 0.1) is 0 Å². The van der Waals surface area contributed by atoms with E-state index in [0.29, 0.717) is 6.61 Å². The highest BCUT2D eigenvalue weighted by molar-refractivity contribution is 9.10. The molecule has 0 fully saturated rings. The van der Waals surface area contributed by atoms with Crippen molar-refractivity contribution < 1.29 is 4.43 Å². The molecule has 0 saturated heterocycles. The lowest BCUT2D eigenvalue weighted by Gasteiger charge is -2.35. The second-order valence-electron chi connectivity index (χ2n) is 6.03. The topological polar surface area (TPSA) is 9.23 Å². The summed E-state index contributed by atoms with van der Waals surface area (Å²) in [6.45, 7) is 12.0. The van der Waals surface area contributed by atoms with Crippen molar-refractivity contribution in [1.29, 1.82) is 0 Å². The Bertz CT molecular complexity index is 401. The SMILES string of the molecule is CC(C)(C)[Si](C)(C)OCC=Cc1ccc(Br)cc1. The Balaban J connectivity index is 2.49. The first-order valence-corrected chi connectivity index (χ1v) is 9.98. The number of hydrogen-bond donors (Lipinski definition) is 0. The van der Waals surface area contributed by atoms with Crippen molar-refractivity contribution in [2.45, 2.75) is 38.9 Å². The highest BCUT2D eigenvalue weighted by atomic mass is 79.9. The zero-order chi connectivity index (χ0) is 13.8. The quantitative estimate of drug-likeness (QED) is 0.665. The average molecular weight is 327 g/mol. The molecule has 100 valence electrons. The summed E-state index contributed by atoms with van der Waals surface area (Å²) in [5.41, 5.74) is 1.21. The van der Waals surface area contributed by atoms with Gasteiger partial charge in [-0.05, 0) is 35.8 Å². The maximum atomic E-state index is 6.08. The molecule has 1 aromatic rings. The Hall–Kier alpha value is -0.383. The van der Waals surface area contributed by atoms with E-state index in [9.17, 15) is 0 Å².